The van der Waals surface area contributed by atoms with Gasteiger partial charge in [0.1, 0.15) is 5.82 Å². The number of hydrogen-bond acceptors (Lipinski definition) is 7. The lowest BCUT2D eigenvalue weighted by atomic mass is 9.90. The number of halogens is 2. The van der Waals surface area contributed by atoms with Crippen LogP contribution in [0, 0.1) is 6.92 Å². The van der Waals surface area contributed by atoms with Gasteiger partial charge < -0.3 is 20.7 Å². The maximum atomic E-state index is 12.7. The van der Waals surface area contributed by atoms with E-state index in [1.54, 1.807) is 7.11 Å². The monoisotopic (exact) mass is 510 g/mol. The Kier molecular flexibility index (Phi) is 11.3. The van der Waals surface area contributed by atoms with E-state index in [1.807, 2.05) is 12.1 Å². The van der Waals surface area contributed by atoms with Crippen LogP contribution in [-0.2, 0) is 4.74 Å². The molecule has 1 aliphatic carbocycles. The lowest BCUT2D eigenvalue weighted by Crippen LogP contribution is -2.48. The summed E-state index contributed by atoms with van der Waals surface area (Å²) in [5, 5.41) is 11.2. The van der Waals surface area contributed by atoms with Gasteiger partial charge in [-0.3, -0.25) is 9.79 Å². The average molecular weight is 511 g/mol. The van der Waals surface area contributed by atoms with Gasteiger partial charge in [-0.05, 0) is 44.7 Å². The van der Waals surface area contributed by atoms with E-state index in [2.05, 4.69) is 43.9 Å². The number of nitrogens with zero attached hydrogens (tertiary/aromatic N) is 3. The largest absolute Gasteiger partial charge is 0.385 e. The molecule has 1 saturated carbocycles. The van der Waals surface area contributed by atoms with E-state index in [0.29, 0.717) is 19.2 Å². The van der Waals surface area contributed by atoms with E-state index in [1.165, 1.54) is 12.8 Å². The lowest BCUT2D eigenvalue weighted by Gasteiger charge is -2.34. The molecular weight excluding hydrogens is 475 g/mol. The lowest BCUT2D eigenvalue weighted by molar-refractivity contribution is 0.0938. The van der Waals surface area contributed by atoms with Crippen molar-refractivity contribution in [1.82, 2.24) is 20.6 Å². The Balaban J connectivity index is 0.00000204. The first-order valence-electron chi connectivity index (χ1n) is 11.8. The summed E-state index contributed by atoms with van der Waals surface area (Å²) in [6, 6.07) is 6.60. The molecule has 2 heterocycles. The van der Waals surface area contributed by atoms with E-state index in [0.717, 1.165) is 66.8 Å². The fourth-order valence-corrected chi connectivity index (χ4v) is 4.47. The quantitative estimate of drug-likeness (QED) is 0.463. The number of benzene rings is 1. The highest BCUT2D eigenvalue weighted by atomic mass is 35.5. The second-order valence-corrected chi connectivity index (χ2v) is 8.74. The summed E-state index contributed by atoms with van der Waals surface area (Å²) in [7, 11) is 1.65. The second-order valence-electron chi connectivity index (χ2n) is 8.74. The summed E-state index contributed by atoms with van der Waals surface area (Å²) >= 11 is 0. The van der Waals surface area contributed by atoms with Crippen LogP contribution in [0.5, 0.6) is 0 Å². The summed E-state index contributed by atoms with van der Waals surface area (Å²) in [6.07, 6.45) is 7.46. The summed E-state index contributed by atoms with van der Waals surface area (Å²) in [5.74, 6) is 1.79. The Labute approximate surface area is 214 Å². The van der Waals surface area contributed by atoms with Crippen molar-refractivity contribution < 1.29 is 9.53 Å². The molecular formula is C24H36Cl2N6O2. The van der Waals surface area contributed by atoms with Crippen molar-refractivity contribution >= 4 is 53.3 Å². The van der Waals surface area contributed by atoms with Gasteiger partial charge in [0.2, 0.25) is 5.82 Å². The van der Waals surface area contributed by atoms with Crippen LogP contribution in [0.3, 0.4) is 0 Å². The number of methoxy groups -OCH3 is 1. The maximum Gasteiger partial charge on any atom is 0.289 e. The molecule has 0 radical (unpaired) electrons. The number of carbonyl (C=O) groups excluding carboxylic acids is 1. The average Bonchev–Trinajstić information content (AvgIpc) is 3.31. The highest BCUT2D eigenvalue weighted by Gasteiger charge is 2.28. The van der Waals surface area contributed by atoms with Crippen LogP contribution in [0.1, 0.15) is 61.1 Å². The Morgan fingerprint density at radius 1 is 1.09 bits per heavy atom. The van der Waals surface area contributed by atoms with E-state index in [-0.39, 0.29) is 42.6 Å². The minimum atomic E-state index is -0.259. The molecule has 1 aromatic carbocycles. The zero-order valence-corrected chi connectivity index (χ0v) is 21.6. The number of aromatic nitrogens is 2. The molecule has 0 bridgehead atoms. The third kappa shape index (κ3) is 7.17. The van der Waals surface area contributed by atoms with Crippen LogP contribution in [0.25, 0.3) is 10.9 Å². The van der Waals surface area contributed by atoms with E-state index in [4.69, 9.17) is 4.74 Å². The molecule has 3 N–H and O–H groups in total. The summed E-state index contributed by atoms with van der Waals surface area (Å²) in [6.45, 7) is 4.11. The SMILES string of the molecule is COCCCNC(=O)c1nc(N[C@H]2CCCC[C@H]2NC2=NCCC2)c2cc(C)ccc2n1.Cl.Cl. The van der Waals surface area contributed by atoms with Gasteiger partial charge in [-0.2, -0.15) is 0 Å². The van der Waals surface area contributed by atoms with Crippen molar-refractivity contribution in [3.8, 4) is 0 Å². The standard InChI is InChI=1S/C24H34N6O2.2ClH/c1-16-10-11-18-17(15-16)22(30-23(28-18)24(31)26-13-6-14-32-2)29-20-8-4-3-7-19(20)27-21-9-5-12-25-21;;/h10-11,15,19-20H,3-9,12-14H2,1-2H3,(H,25,27)(H,26,31)(H,28,29,30);2*1H/t19-,20+;;/m1../s1. The third-order valence-electron chi connectivity index (χ3n) is 6.18. The number of aliphatic imine (C=N–C) groups is 1. The van der Waals surface area contributed by atoms with Crippen LogP contribution in [-0.4, -0.2) is 60.6 Å². The number of nitrogens with one attached hydrogen (secondary N) is 3. The van der Waals surface area contributed by atoms with Gasteiger partial charge >= 0.3 is 0 Å². The fraction of sp³-hybridized carbons (Fsp3) is 0.583. The number of rotatable bonds is 8. The van der Waals surface area contributed by atoms with Crippen molar-refractivity contribution in [1.29, 1.82) is 0 Å². The van der Waals surface area contributed by atoms with Gasteiger partial charge in [0.25, 0.3) is 5.91 Å². The van der Waals surface area contributed by atoms with Crippen molar-refractivity contribution in [2.45, 2.75) is 64.0 Å². The van der Waals surface area contributed by atoms with Crippen molar-refractivity contribution in [2.75, 3.05) is 32.1 Å². The van der Waals surface area contributed by atoms with Crippen LogP contribution in [0.4, 0.5) is 5.82 Å². The highest BCUT2D eigenvalue weighted by Crippen LogP contribution is 2.27. The van der Waals surface area contributed by atoms with Crippen LogP contribution < -0.4 is 16.0 Å². The molecule has 1 amide bonds. The summed E-state index contributed by atoms with van der Waals surface area (Å²) in [4.78, 5) is 26.5. The molecule has 2 aromatic rings. The zero-order chi connectivity index (χ0) is 22.3. The molecule has 0 unspecified atom stereocenters. The highest BCUT2D eigenvalue weighted by molar-refractivity contribution is 5.96. The smallest absolute Gasteiger partial charge is 0.289 e. The fourth-order valence-electron chi connectivity index (χ4n) is 4.47. The van der Waals surface area contributed by atoms with Gasteiger partial charge in [-0.25, -0.2) is 9.97 Å². The molecule has 34 heavy (non-hydrogen) atoms. The maximum absolute atomic E-state index is 12.7. The Bertz CT molecular complexity index is 987. The van der Waals surface area contributed by atoms with Crippen LogP contribution >= 0.6 is 24.8 Å². The van der Waals surface area contributed by atoms with Gasteiger partial charge in [0, 0.05) is 50.7 Å². The van der Waals surface area contributed by atoms with Crippen LogP contribution in [0.15, 0.2) is 23.2 Å². The Hall–Kier alpha value is -2.16. The van der Waals surface area contributed by atoms with E-state index < -0.39 is 0 Å². The predicted octanol–water partition coefficient (Wildman–Crippen LogP) is 4.05. The number of amides is 1. The summed E-state index contributed by atoms with van der Waals surface area (Å²) in [5.41, 5.74) is 1.91. The van der Waals surface area contributed by atoms with E-state index in [9.17, 15) is 4.79 Å². The normalized spacial score (nSPS) is 19.5. The second kappa shape index (κ2) is 13.7. The molecule has 10 heteroatoms. The third-order valence-corrected chi connectivity index (χ3v) is 6.18. The van der Waals surface area contributed by atoms with Crippen molar-refractivity contribution in [3.05, 3.63) is 29.6 Å². The summed E-state index contributed by atoms with van der Waals surface area (Å²) < 4.78 is 5.05. The van der Waals surface area contributed by atoms with Gasteiger partial charge in [0.15, 0.2) is 0 Å². The Morgan fingerprint density at radius 3 is 2.56 bits per heavy atom. The Morgan fingerprint density at radius 2 is 1.85 bits per heavy atom. The van der Waals surface area contributed by atoms with Crippen molar-refractivity contribution in [2.24, 2.45) is 4.99 Å². The molecule has 2 aliphatic rings. The topological polar surface area (TPSA) is 101 Å². The number of fused-ring (bicyclic) bond motifs is 1. The molecule has 188 valence electrons. The molecule has 8 nitrogen and oxygen atoms in total. The first kappa shape index (κ1) is 28.1. The molecule has 0 saturated heterocycles. The number of aryl methyl sites for hydroxylation is 1. The van der Waals surface area contributed by atoms with Crippen LogP contribution in [0.2, 0.25) is 0 Å². The molecule has 0 spiro atoms. The van der Waals surface area contributed by atoms with Gasteiger partial charge in [-0.1, -0.05) is 24.5 Å². The molecule has 1 fully saturated rings. The first-order chi connectivity index (χ1) is 15.6. The van der Waals surface area contributed by atoms with Crippen molar-refractivity contribution in [3.63, 3.8) is 0 Å². The number of carbonyl (C=O) groups is 1. The number of anilines is 1. The van der Waals surface area contributed by atoms with E-state index >= 15 is 0 Å². The number of hydrogen-bond donors (Lipinski definition) is 3. The molecule has 4 rings (SSSR count). The predicted molar refractivity (Wildman–Crippen MR) is 142 cm³/mol. The number of amidine groups is 1. The first-order valence-corrected chi connectivity index (χ1v) is 11.8. The molecule has 1 aromatic heterocycles. The number of ether oxygens (including phenoxy) is 1. The molecule has 2 atom stereocenters. The van der Waals surface area contributed by atoms with Gasteiger partial charge in [-0.15, -0.1) is 24.8 Å². The zero-order valence-electron chi connectivity index (χ0n) is 19.9. The molecule has 1 aliphatic heterocycles. The minimum Gasteiger partial charge on any atom is -0.385 e. The van der Waals surface area contributed by atoms with Gasteiger partial charge in [0.05, 0.1) is 11.4 Å². The minimum absolute atomic E-state index is 0.